The van der Waals surface area contributed by atoms with E-state index < -0.39 is 17.5 Å². The Bertz CT molecular complexity index is 271. The molecule has 0 saturated carbocycles. The number of allylic oxidation sites excluding steroid dienone is 1. The van der Waals surface area contributed by atoms with Crippen LogP contribution in [-0.4, -0.2) is 27.7 Å². The predicted octanol–water partition coefficient (Wildman–Crippen LogP) is -0.427. The van der Waals surface area contributed by atoms with Crippen LogP contribution in [0, 0.1) is 0 Å². The molecule has 0 fully saturated rings. The third kappa shape index (κ3) is 1.08. The van der Waals surface area contributed by atoms with Crippen molar-refractivity contribution in [3.63, 3.8) is 0 Å². The van der Waals surface area contributed by atoms with Crippen molar-refractivity contribution in [2.24, 2.45) is 5.73 Å². The van der Waals surface area contributed by atoms with Gasteiger partial charge in [0.15, 0.2) is 0 Å². The lowest BCUT2D eigenvalue weighted by Crippen LogP contribution is -2.49. The first-order valence-electron chi connectivity index (χ1n) is 3.44. The van der Waals surface area contributed by atoms with Gasteiger partial charge in [-0.2, -0.15) is 0 Å². The summed E-state index contributed by atoms with van der Waals surface area (Å²) in [7, 11) is 0. The van der Waals surface area contributed by atoms with Crippen LogP contribution in [-0.2, 0) is 9.59 Å². The van der Waals surface area contributed by atoms with E-state index in [0.29, 0.717) is 6.42 Å². The highest BCUT2D eigenvalue weighted by Crippen LogP contribution is 2.28. The Balaban J connectivity index is 3.02. The molecule has 4 N–H and O–H groups in total. The molecule has 0 heterocycles. The molecule has 1 aliphatic carbocycles. The molecular formula is C7H9NO4. The summed E-state index contributed by atoms with van der Waals surface area (Å²) in [6.45, 7) is 0. The summed E-state index contributed by atoms with van der Waals surface area (Å²) >= 11 is 0. The van der Waals surface area contributed by atoms with Crippen molar-refractivity contribution in [3.05, 3.63) is 11.6 Å². The van der Waals surface area contributed by atoms with Crippen molar-refractivity contribution in [1.82, 2.24) is 0 Å². The SMILES string of the molecule is N[C@@]1(C(=O)O)CCC=C1C(=O)O. The Morgan fingerprint density at radius 1 is 1.50 bits per heavy atom. The zero-order chi connectivity index (χ0) is 9.35. The van der Waals surface area contributed by atoms with E-state index in [1.54, 1.807) is 0 Å². The van der Waals surface area contributed by atoms with Crippen molar-refractivity contribution in [2.75, 3.05) is 0 Å². The first-order valence-corrected chi connectivity index (χ1v) is 3.44. The van der Waals surface area contributed by atoms with Crippen LogP contribution in [0.25, 0.3) is 0 Å². The van der Waals surface area contributed by atoms with Crippen molar-refractivity contribution in [2.45, 2.75) is 18.4 Å². The fourth-order valence-electron chi connectivity index (χ4n) is 1.26. The molecule has 0 bridgehead atoms. The number of carboxylic acids is 2. The Labute approximate surface area is 68.5 Å². The Morgan fingerprint density at radius 2 is 2.08 bits per heavy atom. The maximum Gasteiger partial charge on any atom is 0.333 e. The second-order valence-corrected chi connectivity index (χ2v) is 2.74. The van der Waals surface area contributed by atoms with E-state index in [1.807, 2.05) is 0 Å². The van der Waals surface area contributed by atoms with Crippen molar-refractivity contribution in [3.8, 4) is 0 Å². The van der Waals surface area contributed by atoms with Crippen molar-refractivity contribution in [1.29, 1.82) is 0 Å². The predicted molar refractivity (Wildman–Crippen MR) is 39.5 cm³/mol. The van der Waals surface area contributed by atoms with E-state index in [1.165, 1.54) is 6.08 Å². The first-order chi connectivity index (χ1) is 5.48. The van der Waals surface area contributed by atoms with Gasteiger partial charge in [0, 0.05) is 0 Å². The minimum atomic E-state index is -1.69. The number of carbonyl (C=O) groups is 2. The van der Waals surface area contributed by atoms with Gasteiger partial charge in [0.2, 0.25) is 0 Å². The van der Waals surface area contributed by atoms with Crippen LogP contribution in [0.3, 0.4) is 0 Å². The fourth-order valence-corrected chi connectivity index (χ4v) is 1.26. The van der Waals surface area contributed by atoms with Gasteiger partial charge >= 0.3 is 11.9 Å². The van der Waals surface area contributed by atoms with Crippen LogP contribution in [0.1, 0.15) is 12.8 Å². The number of rotatable bonds is 2. The molecule has 0 amide bonds. The van der Waals surface area contributed by atoms with Crippen LogP contribution < -0.4 is 5.73 Å². The second kappa shape index (κ2) is 2.60. The van der Waals surface area contributed by atoms with E-state index in [2.05, 4.69) is 0 Å². The van der Waals surface area contributed by atoms with Gasteiger partial charge in [0.05, 0.1) is 5.57 Å². The molecular weight excluding hydrogens is 162 g/mol. The second-order valence-electron chi connectivity index (χ2n) is 2.74. The highest BCUT2D eigenvalue weighted by Gasteiger charge is 2.44. The lowest BCUT2D eigenvalue weighted by Gasteiger charge is -2.19. The highest BCUT2D eigenvalue weighted by atomic mass is 16.4. The molecule has 12 heavy (non-hydrogen) atoms. The molecule has 1 aliphatic rings. The summed E-state index contributed by atoms with van der Waals surface area (Å²) in [6.07, 6.45) is 1.92. The molecule has 0 aromatic carbocycles. The standard InChI is InChI=1S/C7H9NO4/c8-7(6(11)12)3-1-2-4(7)5(9)10/h2H,1,3,8H2,(H,9,10)(H,11,12)/t7-/m0/s1. The van der Waals surface area contributed by atoms with Crippen LogP contribution in [0.4, 0.5) is 0 Å². The molecule has 1 rings (SSSR count). The van der Waals surface area contributed by atoms with Gasteiger partial charge < -0.3 is 15.9 Å². The van der Waals surface area contributed by atoms with Gasteiger partial charge in [0.25, 0.3) is 0 Å². The van der Waals surface area contributed by atoms with Crippen LogP contribution in [0.15, 0.2) is 11.6 Å². The Hall–Kier alpha value is -1.36. The quantitative estimate of drug-likeness (QED) is 0.523. The van der Waals surface area contributed by atoms with Crippen molar-refractivity contribution < 1.29 is 19.8 Å². The average Bonchev–Trinajstić information content (AvgIpc) is 2.32. The van der Waals surface area contributed by atoms with Gasteiger partial charge in [-0.05, 0) is 12.8 Å². The minimum absolute atomic E-state index is 0.157. The maximum absolute atomic E-state index is 10.6. The summed E-state index contributed by atoms with van der Waals surface area (Å²) in [5.74, 6) is -2.54. The molecule has 5 heteroatoms. The normalized spacial score (nSPS) is 28.2. The number of aliphatic carboxylic acids is 2. The lowest BCUT2D eigenvalue weighted by molar-refractivity contribution is -0.144. The monoisotopic (exact) mass is 171 g/mol. The number of nitrogens with two attached hydrogens (primary N) is 1. The van der Waals surface area contributed by atoms with Gasteiger partial charge in [-0.15, -0.1) is 0 Å². The largest absolute Gasteiger partial charge is 0.480 e. The van der Waals surface area contributed by atoms with Crippen LogP contribution >= 0.6 is 0 Å². The van der Waals surface area contributed by atoms with Gasteiger partial charge in [-0.1, -0.05) is 6.08 Å². The Morgan fingerprint density at radius 3 is 2.42 bits per heavy atom. The number of hydrogen-bond acceptors (Lipinski definition) is 3. The fraction of sp³-hybridized carbons (Fsp3) is 0.429. The molecule has 0 aromatic rings. The minimum Gasteiger partial charge on any atom is -0.480 e. The topological polar surface area (TPSA) is 101 Å². The van der Waals surface area contributed by atoms with Crippen molar-refractivity contribution >= 4 is 11.9 Å². The summed E-state index contributed by atoms with van der Waals surface area (Å²) < 4.78 is 0. The van der Waals surface area contributed by atoms with Crippen LogP contribution in [0.2, 0.25) is 0 Å². The molecule has 0 spiro atoms. The van der Waals surface area contributed by atoms with Gasteiger partial charge in [-0.25, -0.2) is 9.59 Å². The van der Waals surface area contributed by atoms with Gasteiger partial charge in [-0.3, -0.25) is 0 Å². The molecule has 0 aliphatic heterocycles. The molecule has 1 atom stereocenters. The summed E-state index contributed by atoms with van der Waals surface area (Å²) in [6, 6.07) is 0. The molecule has 0 saturated heterocycles. The number of carboxylic acid groups (broad SMARTS) is 2. The third-order valence-electron chi connectivity index (χ3n) is 1.98. The molecule has 0 radical (unpaired) electrons. The maximum atomic E-state index is 10.6. The molecule has 66 valence electrons. The molecule has 0 aromatic heterocycles. The first kappa shape index (κ1) is 8.73. The average molecular weight is 171 g/mol. The number of hydrogen-bond donors (Lipinski definition) is 3. The third-order valence-corrected chi connectivity index (χ3v) is 1.98. The van der Waals surface area contributed by atoms with E-state index in [0.717, 1.165) is 0 Å². The van der Waals surface area contributed by atoms with E-state index in [9.17, 15) is 9.59 Å². The molecule has 0 unspecified atom stereocenters. The zero-order valence-electron chi connectivity index (χ0n) is 6.28. The van der Waals surface area contributed by atoms with Gasteiger partial charge in [0.1, 0.15) is 5.54 Å². The summed E-state index contributed by atoms with van der Waals surface area (Å²) in [4.78, 5) is 21.1. The summed E-state index contributed by atoms with van der Waals surface area (Å²) in [5.41, 5.74) is 3.50. The lowest BCUT2D eigenvalue weighted by atomic mass is 9.93. The smallest absolute Gasteiger partial charge is 0.333 e. The van der Waals surface area contributed by atoms with E-state index in [4.69, 9.17) is 15.9 Å². The molecule has 5 nitrogen and oxygen atoms in total. The van der Waals surface area contributed by atoms with E-state index in [-0.39, 0.29) is 12.0 Å². The zero-order valence-corrected chi connectivity index (χ0v) is 6.28. The highest BCUT2D eigenvalue weighted by molar-refractivity contribution is 6.00. The van der Waals surface area contributed by atoms with Crippen LogP contribution in [0.5, 0.6) is 0 Å². The van der Waals surface area contributed by atoms with E-state index >= 15 is 0 Å². The Kier molecular flexibility index (Phi) is 1.89. The summed E-state index contributed by atoms with van der Waals surface area (Å²) in [5, 5.41) is 17.2.